The Morgan fingerprint density at radius 3 is 2.26 bits per heavy atom. The number of hydrogen-bond donors (Lipinski definition) is 0. The van der Waals surface area contributed by atoms with Gasteiger partial charge in [0, 0.05) is 38.1 Å². The van der Waals surface area contributed by atoms with Gasteiger partial charge >= 0.3 is 0 Å². The van der Waals surface area contributed by atoms with E-state index in [9.17, 15) is 18.8 Å². The van der Waals surface area contributed by atoms with Crippen molar-refractivity contribution in [3.05, 3.63) is 74.9 Å². The van der Waals surface area contributed by atoms with Crippen molar-refractivity contribution in [2.45, 2.75) is 32.7 Å². The molecule has 0 atom stereocenters. The number of carbonyl (C=O) groups is 2. The third kappa shape index (κ3) is 4.82. The van der Waals surface area contributed by atoms with Crippen LogP contribution in [0.5, 0.6) is 0 Å². The molecule has 1 aromatic heterocycles. The van der Waals surface area contributed by atoms with E-state index in [2.05, 4.69) is 12.0 Å². The maximum Gasteiger partial charge on any atom is 0.275 e. The summed E-state index contributed by atoms with van der Waals surface area (Å²) in [7, 11) is 0. The molecule has 1 fully saturated rings. The summed E-state index contributed by atoms with van der Waals surface area (Å²) in [4.78, 5) is 42.4. The summed E-state index contributed by atoms with van der Waals surface area (Å²) in [6.45, 7) is 3.79. The fourth-order valence-corrected chi connectivity index (χ4v) is 4.40. The Morgan fingerprint density at radius 2 is 1.62 bits per heavy atom. The van der Waals surface area contributed by atoms with Crippen molar-refractivity contribution >= 4 is 34.2 Å². The summed E-state index contributed by atoms with van der Waals surface area (Å²) in [5.41, 5.74) is 0.276. The molecule has 2 aromatic carbocycles. The second-order valence-electron chi connectivity index (χ2n) is 8.34. The number of aromatic nitrogens is 2. The summed E-state index contributed by atoms with van der Waals surface area (Å²) in [5.74, 6) is -1.08. The van der Waals surface area contributed by atoms with Crippen LogP contribution in [0, 0.1) is 5.82 Å². The zero-order valence-electron chi connectivity index (χ0n) is 19.0. The van der Waals surface area contributed by atoms with Crippen LogP contribution >= 0.6 is 11.6 Å². The lowest BCUT2D eigenvalue weighted by Crippen LogP contribution is -2.51. The average molecular weight is 485 g/mol. The third-order valence-corrected chi connectivity index (χ3v) is 6.37. The minimum atomic E-state index is -0.507. The molecule has 0 unspecified atom stereocenters. The maximum absolute atomic E-state index is 13.4. The standard InChI is InChI=1S/C25H26ClFN4O3/c1-2-3-6-11-31-24(33)19-8-5-4-7-18(19)22(28-31)25(34)30-14-12-29(13-15-30)23(32)20-10-9-17(27)16-21(20)26/h4-5,7-10,16H,2-3,6,11-15H2,1H3. The molecular formula is C25H26ClFN4O3. The first kappa shape index (κ1) is 23.9. The number of benzene rings is 2. The summed E-state index contributed by atoms with van der Waals surface area (Å²) in [5, 5.41) is 5.51. The van der Waals surface area contributed by atoms with E-state index in [4.69, 9.17) is 11.6 Å². The van der Waals surface area contributed by atoms with Crippen LogP contribution in [0.25, 0.3) is 10.8 Å². The zero-order chi connectivity index (χ0) is 24.2. The highest BCUT2D eigenvalue weighted by Gasteiger charge is 2.28. The maximum atomic E-state index is 13.4. The number of nitrogens with zero attached hydrogens (tertiary/aromatic N) is 4. The van der Waals surface area contributed by atoms with Crippen molar-refractivity contribution < 1.29 is 14.0 Å². The lowest BCUT2D eigenvalue weighted by molar-refractivity contribution is 0.0532. The number of rotatable bonds is 6. The van der Waals surface area contributed by atoms with Gasteiger partial charge in [-0.2, -0.15) is 5.10 Å². The second-order valence-corrected chi connectivity index (χ2v) is 8.75. The average Bonchev–Trinajstić information content (AvgIpc) is 2.85. The number of carbonyl (C=O) groups excluding carboxylic acids is 2. The van der Waals surface area contributed by atoms with Gasteiger partial charge in [-0.15, -0.1) is 0 Å². The van der Waals surface area contributed by atoms with Gasteiger partial charge in [-0.3, -0.25) is 14.4 Å². The lowest BCUT2D eigenvalue weighted by Gasteiger charge is -2.35. The number of amides is 2. The Hall–Kier alpha value is -3.26. The lowest BCUT2D eigenvalue weighted by atomic mass is 10.1. The predicted molar refractivity (Wildman–Crippen MR) is 129 cm³/mol. The van der Waals surface area contributed by atoms with Crippen LogP contribution in [0.4, 0.5) is 4.39 Å². The summed E-state index contributed by atoms with van der Waals surface area (Å²) in [6, 6.07) is 10.7. The van der Waals surface area contributed by atoms with Gasteiger partial charge in [-0.05, 0) is 30.7 Å². The number of halogens is 2. The normalized spacial score (nSPS) is 14.0. The molecule has 9 heteroatoms. The van der Waals surface area contributed by atoms with E-state index >= 15 is 0 Å². The molecule has 0 saturated carbocycles. The van der Waals surface area contributed by atoms with E-state index in [0.29, 0.717) is 43.5 Å². The van der Waals surface area contributed by atoms with E-state index in [-0.39, 0.29) is 33.7 Å². The topological polar surface area (TPSA) is 75.5 Å². The Morgan fingerprint density at radius 1 is 0.971 bits per heavy atom. The van der Waals surface area contributed by atoms with Gasteiger partial charge in [-0.1, -0.05) is 49.6 Å². The minimum absolute atomic E-state index is 0.0597. The SMILES string of the molecule is CCCCCn1nc(C(=O)N2CCN(C(=O)c3ccc(F)cc3Cl)CC2)c2ccccc2c1=O. The Balaban J connectivity index is 1.53. The van der Waals surface area contributed by atoms with Gasteiger partial charge in [0.1, 0.15) is 5.82 Å². The van der Waals surface area contributed by atoms with Crippen molar-refractivity contribution in [2.24, 2.45) is 0 Å². The molecule has 34 heavy (non-hydrogen) atoms. The van der Waals surface area contributed by atoms with Gasteiger partial charge in [0.25, 0.3) is 17.4 Å². The largest absolute Gasteiger partial charge is 0.335 e. The van der Waals surface area contributed by atoms with Gasteiger partial charge in [-0.25, -0.2) is 9.07 Å². The van der Waals surface area contributed by atoms with Crippen molar-refractivity contribution in [2.75, 3.05) is 26.2 Å². The molecular weight excluding hydrogens is 459 g/mol. The van der Waals surface area contributed by atoms with Crippen molar-refractivity contribution in [3.8, 4) is 0 Å². The first-order valence-electron chi connectivity index (χ1n) is 11.4. The smallest absolute Gasteiger partial charge is 0.275 e. The fourth-order valence-electron chi connectivity index (χ4n) is 4.15. The van der Waals surface area contributed by atoms with Crippen LogP contribution in [-0.2, 0) is 6.54 Å². The highest BCUT2D eigenvalue weighted by Crippen LogP contribution is 2.21. The van der Waals surface area contributed by atoms with Crippen LogP contribution in [0.1, 0.15) is 47.0 Å². The first-order valence-corrected chi connectivity index (χ1v) is 11.8. The third-order valence-electron chi connectivity index (χ3n) is 6.06. The molecule has 3 aromatic rings. The van der Waals surface area contributed by atoms with Crippen LogP contribution < -0.4 is 5.56 Å². The fraction of sp³-hybridized carbons (Fsp3) is 0.360. The molecule has 4 rings (SSSR count). The number of aryl methyl sites for hydroxylation is 1. The second kappa shape index (κ2) is 10.3. The van der Waals surface area contributed by atoms with Crippen molar-refractivity contribution in [3.63, 3.8) is 0 Å². The van der Waals surface area contributed by atoms with E-state index in [0.717, 1.165) is 25.3 Å². The van der Waals surface area contributed by atoms with Gasteiger partial charge in [0.15, 0.2) is 5.69 Å². The zero-order valence-corrected chi connectivity index (χ0v) is 19.7. The molecule has 0 bridgehead atoms. The molecule has 0 spiro atoms. The van der Waals surface area contributed by atoms with Crippen LogP contribution in [0.3, 0.4) is 0 Å². The first-order chi connectivity index (χ1) is 16.4. The molecule has 178 valence electrons. The molecule has 2 heterocycles. The molecule has 1 aliphatic heterocycles. The summed E-state index contributed by atoms with van der Waals surface area (Å²) >= 11 is 6.04. The molecule has 0 N–H and O–H groups in total. The quantitative estimate of drug-likeness (QED) is 0.496. The molecule has 0 aliphatic carbocycles. The molecule has 1 aliphatic rings. The Labute approximate surface area is 201 Å². The van der Waals surface area contributed by atoms with Gasteiger partial charge < -0.3 is 9.80 Å². The van der Waals surface area contributed by atoms with Gasteiger partial charge in [0.2, 0.25) is 0 Å². The van der Waals surface area contributed by atoms with E-state index < -0.39 is 5.82 Å². The van der Waals surface area contributed by atoms with Crippen LogP contribution in [0.15, 0.2) is 47.3 Å². The Bertz CT molecular complexity index is 1280. The van der Waals surface area contributed by atoms with Crippen molar-refractivity contribution in [1.29, 1.82) is 0 Å². The van der Waals surface area contributed by atoms with Crippen molar-refractivity contribution in [1.82, 2.24) is 19.6 Å². The predicted octanol–water partition coefficient (Wildman–Crippen LogP) is 3.98. The van der Waals surface area contributed by atoms with E-state index in [1.807, 2.05) is 0 Å². The van der Waals surface area contributed by atoms with E-state index in [1.54, 1.807) is 34.1 Å². The summed E-state index contributed by atoms with van der Waals surface area (Å²) in [6.07, 6.45) is 2.79. The Kier molecular flexibility index (Phi) is 7.26. The van der Waals surface area contributed by atoms with E-state index in [1.165, 1.54) is 16.8 Å². The summed E-state index contributed by atoms with van der Waals surface area (Å²) < 4.78 is 14.7. The number of piperazine rings is 1. The molecule has 2 amide bonds. The highest BCUT2D eigenvalue weighted by atomic mass is 35.5. The monoisotopic (exact) mass is 484 g/mol. The number of fused-ring (bicyclic) bond motifs is 1. The van der Waals surface area contributed by atoms with Crippen LogP contribution in [-0.4, -0.2) is 57.6 Å². The van der Waals surface area contributed by atoms with Gasteiger partial charge in [0.05, 0.1) is 16.0 Å². The minimum Gasteiger partial charge on any atom is -0.335 e. The molecule has 7 nitrogen and oxygen atoms in total. The molecule has 1 saturated heterocycles. The number of unbranched alkanes of at least 4 members (excludes halogenated alkanes) is 2. The number of hydrogen-bond acceptors (Lipinski definition) is 4. The van der Waals surface area contributed by atoms with Crippen LogP contribution in [0.2, 0.25) is 5.02 Å². The highest BCUT2D eigenvalue weighted by molar-refractivity contribution is 6.33. The molecule has 0 radical (unpaired) electrons.